The topological polar surface area (TPSA) is 60.9 Å². The van der Waals surface area contributed by atoms with Crippen LogP contribution in [0.25, 0.3) is 6.08 Å². The van der Waals surface area contributed by atoms with Gasteiger partial charge in [0.05, 0.1) is 5.75 Å². The van der Waals surface area contributed by atoms with E-state index in [1.54, 1.807) is 4.31 Å². The average molecular weight is 482 g/mol. The third-order valence-electron chi connectivity index (χ3n) is 6.95. The maximum atomic E-state index is 13.1. The van der Waals surface area contributed by atoms with Crippen LogP contribution in [0.3, 0.4) is 0 Å². The first-order chi connectivity index (χ1) is 16.4. The third-order valence-corrected chi connectivity index (χ3v) is 8.78. The summed E-state index contributed by atoms with van der Waals surface area (Å²) in [7, 11) is -3.37. The molecule has 0 unspecified atom stereocenters. The molecule has 4 rings (SSSR count). The average Bonchev–Trinajstić information content (AvgIpc) is 2.86. The van der Waals surface area contributed by atoms with E-state index in [-0.39, 0.29) is 17.6 Å². The Balaban J connectivity index is 1.22. The number of nitrogens with zero attached hydrogens (tertiary/aromatic N) is 3. The highest BCUT2D eigenvalue weighted by atomic mass is 32.2. The second kappa shape index (κ2) is 11.3. The molecule has 2 aliphatic heterocycles. The van der Waals surface area contributed by atoms with Crippen LogP contribution in [0.1, 0.15) is 29.5 Å². The monoisotopic (exact) mass is 481 g/mol. The number of rotatable bonds is 7. The normalized spacial score (nSPS) is 19.0. The molecule has 0 radical (unpaired) electrons. The smallest absolute Gasteiger partial charge is 0.225 e. The van der Waals surface area contributed by atoms with Crippen molar-refractivity contribution in [1.29, 1.82) is 0 Å². The van der Waals surface area contributed by atoms with Crippen molar-refractivity contribution in [3.63, 3.8) is 0 Å². The standard InChI is InChI=1S/C27H35N3O3S/c1-23-8-5-6-12-26(23)22-34(32,33)30-16-13-25(14-17-30)27(31)29-20-18-28(19-21-29)15-7-11-24-9-3-2-4-10-24/h2-12,25H,13-22H2,1H3. The Morgan fingerprint density at radius 3 is 2.24 bits per heavy atom. The highest BCUT2D eigenvalue weighted by Gasteiger charge is 2.34. The van der Waals surface area contributed by atoms with Gasteiger partial charge in [0.1, 0.15) is 0 Å². The maximum Gasteiger partial charge on any atom is 0.225 e. The zero-order valence-electron chi connectivity index (χ0n) is 20.0. The van der Waals surface area contributed by atoms with Gasteiger partial charge in [-0.15, -0.1) is 0 Å². The van der Waals surface area contributed by atoms with Gasteiger partial charge >= 0.3 is 0 Å². The lowest BCUT2D eigenvalue weighted by Gasteiger charge is -2.38. The van der Waals surface area contributed by atoms with Crippen LogP contribution in [0.5, 0.6) is 0 Å². The van der Waals surface area contributed by atoms with Gasteiger partial charge in [-0.3, -0.25) is 9.69 Å². The molecular formula is C27H35N3O3S. The molecule has 0 atom stereocenters. The minimum atomic E-state index is -3.37. The van der Waals surface area contributed by atoms with Crippen molar-refractivity contribution >= 4 is 22.0 Å². The number of amides is 1. The molecule has 2 aromatic carbocycles. The Hall–Kier alpha value is -2.48. The zero-order chi connectivity index (χ0) is 24.0. The number of carbonyl (C=O) groups is 1. The van der Waals surface area contributed by atoms with Crippen molar-refractivity contribution in [1.82, 2.24) is 14.1 Å². The number of benzene rings is 2. The van der Waals surface area contributed by atoms with Gasteiger partial charge in [-0.25, -0.2) is 12.7 Å². The van der Waals surface area contributed by atoms with Crippen LogP contribution >= 0.6 is 0 Å². The predicted molar refractivity (Wildman–Crippen MR) is 137 cm³/mol. The van der Waals surface area contributed by atoms with Gasteiger partial charge in [0.15, 0.2) is 0 Å². The van der Waals surface area contributed by atoms with Gasteiger partial charge in [0.25, 0.3) is 0 Å². The largest absolute Gasteiger partial charge is 0.340 e. The number of hydrogen-bond acceptors (Lipinski definition) is 4. The molecule has 0 N–H and O–H groups in total. The van der Waals surface area contributed by atoms with E-state index in [0.717, 1.165) is 43.9 Å². The van der Waals surface area contributed by atoms with Crippen molar-refractivity contribution in [3.05, 3.63) is 77.4 Å². The fraction of sp³-hybridized carbons (Fsp3) is 0.444. The van der Waals surface area contributed by atoms with Crippen molar-refractivity contribution in [3.8, 4) is 0 Å². The van der Waals surface area contributed by atoms with Crippen LogP contribution in [0, 0.1) is 12.8 Å². The van der Waals surface area contributed by atoms with Gasteiger partial charge < -0.3 is 4.90 Å². The second-order valence-electron chi connectivity index (χ2n) is 9.29. The molecule has 6 nitrogen and oxygen atoms in total. The van der Waals surface area contributed by atoms with Crippen LogP contribution in [0.4, 0.5) is 0 Å². The van der Waals surface area contributed by atoms with E-state index >= 15 is 0 Å². The lowest BCUT2D eigenvalue weighted by molar-refractivity contribution is -0.138. The summed E-state index contributed by atoms with van der Waals surface area (Å²) in [4.78, 5) is 17.4. The van der Waals surface area contributed by atoms with Gasteiger partial charge in [-0.05, 0) is 36.5 Å². The lowest BCUT2D eigenvalue weighted by atomic mass is 9.96. The summed E-state index contributed by atoms with van der Waals surface area (Å²) in [6.07, 6.45) is 5.52. The molecule has 0 bridgehead atoms. The number of aryl methyl sites for hydroxylation is 1. The van der Waals surface area contributed by atoms with E-state index < -0.39 is 10.0 Å². The van der Waals surface area contributed by atoms with Crippen LogP contribution in [0.15, 0.2) is 60.7 Å². The molecule has 2 aliphatic rings. The molecule has 34 heavy (non-hydrogen) atoms. The summed E-state index contributed by atoms with van der Waals surface area (Å²) >= 11 is 0. The van der Waals surface area contributed by atoms with Crippen LogP contribution in [0.2, 0.25) is 0 Å². The Labute approximate surface area is 203 Å². The summed E-state index contributed by atoms with van der Waals surface area (Å²) in [5, 5.41) is 0. The highest BCUT2D eigenvalue weighted by molar-refractivity contribution is 7.88. The Kier molecular flexibility index (Phi) is 8.19. The zero-order valence-corrected chi connectivity index (χ0v) is 20.8. The van der Waals surface area contributed by atoms with Crippen molar-refractivity contribution < 1.29 is 13.2 Å². The molecule has 2 fully saturated rings. The van der Waals surface area contributed by atoms with E-state index in [1.807, 2.05) is 54.3 Å². The molecule has 7 heteroatoms. The fourth-order valence-corrected chi connectivity index (χ4v) is 6.42. The third kappa shape index (κ3) is 6.34. The lowest BCUT2D eigenvalue weighted by Crippen LogP contribution is -2.51. The molecule has 0 aliphatic carbocycles. The van der Waals surface area contributed by atoms with Gasteiger partial charge in [0, 0.05) is 51.7 Å². The first-order valence-corrected chi connectivity index (χ1v) is 13.8. The quantitative estimate of drug-likeness (QED) is 0.608. The van der Waals surface area contributed by atoms with Crippen molar-refractivity contribution in [2.75, 3.05) is 45.8 Å². The Bertz CT molecular complexity index is 1090. The number of piperazine rings is 1. The minimum absolute atomic E-state index is 0.0268. The SMILES string of the molecule is Cc1ccccc1CS(=O)(=O)N1CCC(C(=O)N2CCN(CC=Cc3ccccc3)CC2)CC1. The first kappa shape index (κ1) is 24.6. The van der Waals surface area contributed by atoms with E-state index in [1.165, 1.54) is 5.56 Å². The molecule has 2 saturated heterocycles. The van der Waals surface area contributed by atoms with Gasteiger partial charge in [-0.2, -0.15) is 0 Å². The second-order valence-corrected chi connectivity index (χ2v) is 11.3. The molecule has 2 aromatic rings. The van der Waals surface area contributed by atoms with Crippen LogP contribution in [-0.2, 0) is 20.6 Å². The predicted octanol–water partition coefficient (Wildman–Crippen LogP) is 3.39. The Morgan fingerprint density at radius 2 is 1.56 bits per heavy atom. The molecule has 0 aromatic heterocycles. The molecular weight excluding hydrogens is 446 g/mol. The van der Waals surface area contributed by atoms with Gasteiger partial charge in [0.2, 0.25) is 15.9 Å². The highest BCUT2D eigenvalue weighted by Crippen LogP contribution is 2.24. The van der Waals surface area contributed by atoms with E-state index in [2.05, 4.69) is 29.2 Å². The molecule has 0 spiro atoms. The van der Waals surface area contributed by atoms with Gasteiger partial charge in [-0.1, -0.05) is 66.7 Å². The van der Waals surface area contributed by atoms with Crippen LogP contribution < -0.4 is 0 Å². The number of hydrogen-bond donors (Lipinski definition) is 0. The minimum Gasteiger partial charge on any atom is -0.340 e. The van der Waals surface area contributed by atoms with E-state index in [0.29, 0.717) is 25.9 Å². The van der Waals surface area contributed by atoms with Crippen molar-refractivity contribution in [2.45, 2.75) is 25.5 Å². The number of carbonyl (C=O) groups excluding carboxylic acids is 1. The summed E-state index contributed by atoms with van der Waals surface area (Å²) in [6, 6.07) is 17.9. The number of piperidine rings is 1. The summed E-state index contributed by atoms with van der Waals surface area (Å²) in [6.45, 7) is 6.89. The van der Waals surface area contributed by atoms with E-state index in [9.17, 15) is 13.2 Å². The summed E-state index contributed by atoms with van der Waals surface area (Å²) < 4.78 is 27.4. The van der Waals surface area contributed by atoms with Crippen molar-refractivity contribution in [2.24, 2.45) is 5.92 Å². The Morgan fingerprint density at radius 1 is 0.912 bits per heavy atom. The molecule has 1 amide bonds. The van der Waals surface area contributed by atoms with E-state index in [4.69, 9.17) is 0 Å². The fourth-order valence-electron chi connectivity index (χ4n) is 4.75. The van der Waals surface area contributed by atoms with Crippen LogP contribution in [-0.4, -0.2) is 74.2 Å². The summed E-state index contributed by atoms with van der Waals surface area (Å²) in [5.74, 6) is 0.142. The number of sulfonamides is 1. The molecule has 182 valence electrons. The first-order valence-electron chi connectivity index (χ1n) is 12.2. The maximum absolute atomic E-state index is 13.1. The molecule has 0 saturated carbocycles. The summed E-state index contributed by atoms with van der Waals surface area (Å²) in [5.41, 5.74) is 3.03. The molecule has 2 heterocycles.